The molecule has 0 spiro atoms. The molecule has 0 aliphatic heterocycles. The van der Waals surface area contributed by atoms with Crippen molar-refractivity contribution in [2.75, 3.05) is 0 Å². The Morgan fingerprint density at radius 2 is 1.56 bits per heavy atom. The maximum atomic E-state index is 12.7. The van der Waals surface area contributed by atoms with E-state index in [0.717, 1.165) is 16.5 Å². The molecule has 0 fully saturated rings. The second kappa shape index (κ2) is 12.7. The first-order valence-corrected chi connectivity index (χ1v) is 11.5. The molecule has 4 unspecified atom stereocenters. The van der Waals surface area contributed by atoms with Gasteiger partial charge in [0.05, 0.1) is 12.5 Å². The summed E-state index contributed by atoms with van der Waals surface area (Å²) in [6.07, 6.45) is 1.36. The third-order valence-electron chi connectivity index (χ3n) is 5.54. The third kappa shape index (κ3) is 8.08. The van der Waals surface area contributed by atoms with Crippen LogP contribution in [0.1, 0.15) is 39.2 Å². The summed E-state index contributed by atoms with van der Waals surface area (Å²) in [4.78, 5) is 63.3. The smallest absolute Gasteiger partial charge is 0.326 e. The van der Waals surface area contributed by atoms with Crippen molar-refractivity contribution in [1.29, 1.82) is 0 Å². The zero-order chi connectivity index (χ0) is 27.0. The van der Waals surface area contributed by atoms with E-state index in [1.807, 2.05) is 24.3 Å². The fraction of sp³-hybridized carbons (Fsp3) is 0.458. The minimum absolute atomic E-state index is 0.0571. The Bertz CT molecular complexity index is 1110. The maximum absolute atomic E-state index is 12.7. The van der Waals surface area contributed by atoms with Crippen LogP contribution < -0.4 is 21.7 Å². The molecule has 0 bridgehead atoms. The highest BCUT2D eigenvalue weighted by atomic mass is 16.4. The van der Waals surface area contributed by atoms with E-state index >= 15 is 0 Å². The number of aromatic nitrogens is 1. The highest BCUT2D eigenvalue weighted by Crippen LogP contribution is 2.18. The number of carboxylic acids is 2. The number of fused-ring (bicyclic) bond motifs is 1. The van der Waals surface area contributed by atoms with E-state index in [2.05, 4.69) is 20.9 Å². The monoisotopic (exact) mass is 503 g/mol. The number of aromatic amines is 1. The van der Waals surface area contributed by atoms with Crippen molar-refractivity contribution < 1.29 is 34.2 Å². The Balaban J connectivity index is 1.99. The first-order valence-electron chi connectivity index (χ1n) is 11.5. The molecule has 1 aromatic carbocycles. The van der Waals surface area contributed by atoms with Gasteiger partial charge in [0.25, 0.3) is 0 Å². The summed E-state index contributed by atoms with van der Waals surface area (Å²) < 4.78 is 0. The molecule has 0 saturated carbocycles. The molecule has 0 aliphatic rings. The molecule has 8 N–H and O–H groups in total. The molecule has 3 amide bonds. The van der Waals surface area contributed by atoms with Gasteiger partial charge in [0.2, 0.25) is 17.7 Å². The molecule has 36 heavy (non-hydrogen) atoms. The van der Waals surface area contributed by atoms with Crippen LogP contribution in [0.5, 0.6) is 0 Å². The summed E-state index contributed by atoms with van der Waals surface area (Å²) in [5, 5.41) is 26.2. The molecule has 0 radical (unpaired) electrons. The summed E-state index contributed by atoms with van der Waals surface area (Å²) in [6.45, 7) is 5.03. The number of carbonyl (C=O) groups excluding carboxylic acids is 3. The molecular formula is C24H33N5O7. The quantitative estimate of drug-likeness (QED) is 0.199. The van der Waals surface area contributed by atoms with Crippen LogP contribution in [0, 0.1) is 5.92 Å². The number of carboxylic acid groups (broad SMARTS) is 2. The number of carbonyl (C=O) groups is 5. The largest absolute Gasteiger partial charge is 0.481 e. The molecule has 0 saturated heterocycles. The molecule has 12 heteroatoms. The Hall–Kier alpha value is -3.93. The first kappa shape index (κ1) is 28.3. The lowest BCUT2D eigenvalue weighted by molar-refractivity contribution is -0.147. The van der Waals surface area contributed by atoms with Gasteiger partial charge in [0, 0.05) is 17.1 Å². The highest BCUT2D eigenvalue weighted by molar-refractivity contribution is 5.94. The third-order valence-corrected chi connectivity index (χ3v) is 5.54. The minimum atomic E-state index is -1.65. The van der Waals surface area contributed by atoms with E-state index in [1.54, 1.807) is 20.0 Å². The highest BCUT2D eigenvalue weighted by Gasteiger charge is 2.30. The van der Waals surface area contributed by atoms with E-state index in [-0.39, 0.29) is 18.8 Å². The number of H-pyrrole nitrogens is 1. The summed E-state index contributed by atoms with van der Waals surface area (Å²) >= 11 is 0. The molecule has 2 rings (SSSR count). The summed E-state index contributed by atoms with van der Waals surface area (Å²) in [6, 6.07) is 2.82. The number of aliphatic carboxylic acids is 2. The molecule has 0 aliphatic carbocycles. The molecular weight excluding hydrogens is 470 g/mol. The second-order valence-corrected chi connectivity index (χ2v) is 9.09. The second-order valence-electron chi connectivity index (χ2n) is 9.09. The van der Waals surface area contributed by atoms with Gasteiger partial charge < -0.3 is 36.9 Å². The van der Waals surface area contributed by atoms with Gasteiger partial charge in [-0.15, -0.1) is 0 Å². The zero-order valence-electron chi connectivity index (χ0n) is 20.4. The predicted molar refractivity (Wildman–Crippen MR) is 131 cm³/mol. The van der Waals surface area contributed by atoms with E-state index in [9.17, 15) is 29.1 Å². The van der Waals surface area contributed by atoms with Crippen molar-refractivity contribution >= 4 is 40.6 Å². The van der Waals surface area contributed by atoms with Crippen LogP contribution in [0.3, 0.4) is 0 Å². The van der Waals surface area contributed by atoms with Gasteiger partial charge in [-0.1, -0.05) is 32.0 Å². The SMILES string of the molecule is CC(C)CC(NC(=O)C(C)NC(=O)C(N)Cc1c[nH]c2ccccc12)C(=O)NC(CC(=O)O)C(=O)O. The van der Waals surface area contributed by atoms with Gasteiger partial charge in [-0.2, -0.15) is 0 Å². The summed E-state index contributed by atoms with van der Waals surface area (Å²) in [7, 11) is 0. The van der Waals surface area contributed by atoms with Crippen molar-refractivity contribution in [2.24, 2.45) is 11.7 Å². The number of rotatable bonds is 13. The van der Waals surface area contributed by atoms with Crippen molar-refractivity contribution in [3.05, 3.63) is 36.0 Å². The fourth-order valence-corrected chi connectivity index (χ4v) is 3.66. The fourth-order valence-electron chi connectivity index (χ4n) is 3.66. The van der Waals surface area contributed by atoms with E-state index < -0.39 is 60.2 Å². The van der Waals surface area contributed by atoms with Gasteiger partial charge in [-0.05, 0) is 37.3 Å². The van der Waals surface area contributed by atoms with Gasteiger partial charge in [-0.25, -0.2) is 4.79 Å². The molecule has 4 atom stereocenters. The molecule has 1 heterocycles. The number of amides is 3. The number of hydrogen-bond acceptors (Lipinski definition) is 6. The van der Waals surface area contributed by atoms with Gasteiger partial charge >= 0.3 is 11.9 Å². The average molecular weight is 504 g/mol. The Morgan fingerprint density at radius 1 is 0.917 bits per heavy atom. The molecule has 12 nitrogen and oxygen atoms in total. The molecule has 196 valence electrons. The van der Waals surface area contributed by atoms with Crippen LogP contribution in [0.2, 0.25) is 0 Å². The van der Waals surface area contributed by atoms with Crippen LogP contribution in [-0.4, -0.2) is 69.0 Å². The van der Waals surface area contributed by atoms with Gasteiger partial charge in [0.1, 0.15) is 18.1 Å². The van der Waals surface area contributed by atoms with E-state index in [4.69, 9.17) is 10.8 Å². The van der Waals surface area contributed by atoms with Crippen LogP contribution in [0.15, 0.2) is 30.5 Å². The van der Waals surface area contributed by atoms with Crippen LogP contribution in [0.25, 0.3) is 10.9 Å². The van der Waals surface area contributed by atoms with Crippen LogP contribution in [-0.2, 0) is 30.4 Å². The lowest BCUT2D eigenvalue weighted by atomic mass is 10.0. The van der Waals surface area contributed by atoms with Crippen LogP contribution in [0.4, 0.5) is 0 Å². The van der Waals surface area contributed by atoms with Crippen LogP contribution >= 0.6 is 0 Å². The number of hydrogen-bond donors (Lipinski definition) is 7. The Morgan fingerprint density at radius 3 is 2.17 bits per heavy atom. The topological polar surface area (TPSA) is 204 Å². The van der Waals surface area contributed by atoms with Gasteiger partial charge in [-0.3, -0.25) is 19.2 Å². The van der Waals surface area contributed by atoms with Crippen molar-refractivity contribution in [1.82, 2.24) is 20.9 Å². The predicted octanol–water partition coefficient (Wildman–Crippen LogP) is 0.117. The lowest BCUT2D eigenvalue weighted by Gasteiger charge is -2.24. The zero-order valence-corrected chi connectivity index (χ0v) is 20.4. The minimum Gasteiger partial charge on any atom is -0.481 e. The molecule has 2 aromatic rings. The number of para-hydroxylation sites is 1. The number of benzene rings is 1. The first-order chi connectivity index (χ1) is 16.9. The van der Waals surface area contributed by atoms with E-state index in [1.165, 1.54) is 6.92 Å². The van der Waals surface area contributed by atoms with Gasteiger partial charge in [0.15, 0.2) is 0 Å². The lowest BCUT2D eigenvalue weighted by Crippen LogP contribution is -2.56. The summed E-state index contributed by atoms with van der Waals surface area (Å²) in [5.74, 6) is -5.02. The molecule has 1 aromatic heterocycles. The number of nitrogens with one attached hydrogen (secondary N) is 4. The summed E-state index contributed by atoms with van der Waals surface area (Å²) in [5.41, 5.74) is 7.83. The van der Waals surface area contributed by atoms with E-state index in [0.29, 0.717) is 0 Å². The van der Waals surface area contributed by atoms with Crippen molar-refractivity contribution in [3.63, 3.8) is 0 Å². The Labute approximate surface area is 208 Å². The normalized spacial score (nSPS) is 14.5. The van der Waals surface area contributed by atoms with Crippen molar-refractivity contribution in [3.8, 4) is 0 Å². The maximum Gasteiger partial charge on any atom is 0.326 e. The average Bonchev–Trinajstić information content (AvgIpc) is 3.20. The standard InChI is InChI=1S/C24H33N5O7/c1-12(2)8-18(23(34)29-19(24(35)36)10-20(30)31)28-21(32)13(3)27-22(33)16(25)9-14-11-26-17-7-5-4-6-15(14)17/h4-7,11-13,16,18-19,26H,8-10,25H2,1-3H3,(H,27,33)(H,28,32)(H,29,34)(H,30,31)(H,35,36). The number of nitrogens with two attached hydrogens (primary N) is 1. The Kier molecular flexibility index (Phi) is 9.97. The van der Waals surface area contributed by atoms with Crippen molar-refractivity contribution in [2.45, 2.75) is 64.2 Å².